The summed E-state index contributed by atoms with van der Waals surface area (Å²) in [6.45, 7) is 3.41. The Morgan fingerprint density at radius 2 is 1.84 bits per heavy atom. The van der Waals surface area contributed by atoms with E-state index in [1.54, 1.807) is 26.2 Å². The highest BCUT2D eigenvalue weighted by molar-refractivity contribution is 9.10. The molecule has 0 radical (unpaired) electrons. The number of aryl methyl sites for hydroxylation is 1. The van der Waals surface area contributed by atoms with Gasteiger partial charge in [-0.25, -0.2) is 9.59 Å². The van der Waals surface area contributed by atoms with Gasteiger partial charge in [0.15, 0.2) is 0 Å². The van der Waals surface area contributed by atoms with E-state index in [0.29, 0.717) is 22.1 Å². The van der Waals surface area contributed by atoms with E-state index in [2.05, 4.69) is 21.2 Å². The zero-order valence-electron chi connectivity index (χ0n) is 17.4. The molecular weight excluding hydrogens is 478 g/mol. The number of amides is 1. The number of halogens is 1. The molecule has 0 aliphatic heterocycles. The fraction of sp³-hybridized carbons (Fsp3) is 0.208. The molecule has 0 aliphatic rings. The van der Waals surface area contributed by atoms with Gasteiger partial charge in [-0.15, -0.1) is 0 Å². The minimum atomic E-state index is -1.12. The second kappa shape index (κ2) is 8.63. The summed E-state index contributed by atoms with van der Waals surface area (Å²) >= 11 is 3.43. The standard InChI is InChI=1S/C24H20BrNO6/c1-3-19(23(28)29)26-22(27)9-16-12(2)15-8-17-18(13-4-6-14(25)7-5-13)11-31-20(17)10-21(15)32-24(16)30/h4-8,10-11,19H,3,9H2,1-2H3,(H,26,27)(H,28,29)/t19-/m1/s1. The topological polar surface area (TPSA) is 110 Å². The molecule has 0 saturated carbocycles. The number of aliphatic carboxylic acids is 1. The van der Waals surface area contributed by atoms with Crippen molar-refractivity contribution in [2.45, 2.75) is 32.7 Å². The number of carboxylic acids is 1. The molecule has 4 rings (SSSR count). The van der Waals surface area contributed by atoms with Crippen molar-refractivity contribution < 1.29 is 23.5 Å². The van der Waals surface area contributed by atoms with Gasteiger partial charge in [-0.2, -0.15) is 0 Å². The van der Waals surface area contributed by atoms with E-state index in [1.807, 2.05) is 30.3 Å². The first kappa shape index (κ1) is 21.8. The zero-order valence-corrected chi connectivity index (χ0v) is 19.0. The summed E-state index contributed by atoms with van der Waals surface area (Å²) in [5.41, 5.74) is 2.98. The molecule has 32 heavy (non-hydrogen) atoms. The van der Waals surface area contributed by atoms with Crippen molar-refractivity contribution in [3.05, 3.63) is 68.7 Å². The van der Waals surface area contributed by atoms with Crippen LogP contribution < -0.4 is 10.9 Å². The van der Waals surface area contributed by atoms with E-state index in [-0.39, 0.29) is 18.4 Å². The Labute approximate surface area is 191 Å². The summed E-state index contributed by atoms with van der Waals surface area (Å²) in [5.74, 6) is -1.67. The van der Waals surface area contributed by atoms with Crippen LogP contribution in [0.4, 0.5) is 0 Å². The number of furan rings is 1. The maximum Gasteiger partial charge on any atom is 0.340 e. The molecule has 2 heterocycles. The molecule has 1 atom stereocenters. The molecule has 0 saturated heterocycles. The van der Waals surface area contributed by atoms with Gasteiger partial charge in [0.1, 0.15) is 17.2 Å². The lowest BCUT2D eigenvalue weighted by atomic mass is 9.99. The van der Waals surface area contributed by atoms with Gasteiger partial charge >= 0.3 is 11.6 Å². The number of carbonyl (C=O) groups is 2. The number of rotatable bonds is 6. The fourth-order valence-electron chi connectivity index (χ4n) is 3.71. The third-order valence-corrected chi connectivity index (χ3v) is 6.04. The Kier molecular flexibility index (Phi) is 5.88. The molecule has 8 heteroatoms. The highest BCUT2D eigenvalue weighted by Gasteiger charge is 2.21. The van der Waals surface area contributed by atoms with Crippen molar-refractivity contribution in [3.8, 4) is 11.1 Å². The Bertz CT molecular complexity index is 1400. The summed E-state index contributed by atoms with van der Waals surface area (Å²) < 4.78 is 12.1. The van der Waals surface area contributed by atoms with Crippen molar-refractivity contribution in [2.24, 2.45) is 0 Å². The molecule has 164 valence electrons. The maximum absolute atomic E-state index is 12.6. The van der Waals surface area contributed by atoms with Crippen molar-refractivity contribution in [3.63, 3.8) is 0 Å². The lowest BCUT2D eigenvalue weighted by Crippen LogP contribution is -2.41. The number of nitrogens with one attached hydrogen (secondary N) is 1. The largest absolute Gasteiger partial charge is 0.480 e. The van der Waals surface area contributed by atoms with Gasteiger partial charge in [0, 0.05) is 26.9 Å². The Morgan fingerprint density at radius 1 is 1.12 bits per heavy atom. The summed E-state index contributed by atoms with van der Waals surface area (Å²) in [5, 5.41) is 13.1. The van der Waals surface area contributed by atoms with E-state index < -0.39 is 23.5 Å². The number of benzene rings is 2. The first-order chi connectivity index (χ1) is 15.3. The summed E-state index contributed by atoms with van der Waals surface area (Å²) in [4.78, 5) is 36.2. The van der Waals surface area contributed by atoms with Crippen LogP contribution in [0.2, 0.25) is 0 Å². The van der Waals surface area contributed by atoms with Gasteiger partial charge in [0.05, 0.1) is 18.2 Å². The van der Waals surface area contributed by atoms with Gasteiger partial charge in [0.25, 0.3) is 0 Å². The lowest BCUT2D eigenvalue weighted by molar-refractivity contribution is -0.141. The minimum Gasteiger partial charge on any atom is -0.480 e. The average Bonchev–Trinajstić information content (AvgIpc) is 3.17. The molecule has 0 unspecified atom stereocenters. The number of hydrogen-bond acceptors (Lipinski definition) is 5. The van der Waals surface area contributed by atoms with Gasteiger partial charge in [-0.05, 0) is 42.7 Å². The van der Waals surface area contributed by atoms with E-state index in [0.717, 1.165) is 21.0 Å². The first-order valence-corrected chi connectivity index (χ1v) is 10.8. The molecule has 2 N–H and O–H groups in total. The fourth-order valence-corrected chi connectivity index (χ4v) is 3.98. The Balaban J connectivity index is 1.77. The maximum atomic E-state index is 12.6. The Hall–Kier alpha value is -3.39. The van der Waals surface area contributed by atoms with Crippen LogP contribution in [-0.4, -0.2) is 23.0 Å². The van der Waals surface area contributed by atoms with E-state index in [1.165, 1.54) is 0 Å². The third-order valence-electron chi connectivity index (χ3n) is 5.52. The molecule has 0 spiro atoms. The second-order valence-corrected chi connectivity index (χ2v) is 8.45. The van der Waals surface area contributed by atoms with Gasteiger partial charge in [-0.1, -0.05) is 35.0 Å². The normalized spacial score (nSPS) is 12.2. The highest BCUT2D eigenvalue weighted by Crippen LogP contribution is 2.35. The first-order valence-electron chi connectivity index (χ1n) is 10.0. The van der Waals surface area contributed by atoms with Crippen molar-refractivity contribution in [2.75, 3.05) is 0 Å². The van der Waals surface area contributed by atoms with Gasteiger partial charge in [-0.3, -0.25) is 4.79 Å². The quantitative estimate of drug-likeness (QED) is 0.370. The van der Waals surface area contributed by atoms with Crippen LogP contribution in [0.5, 0.6) is 0 Å². The van der Waals surface area contributed by atoms with Crippen LogP contribution in [0.3, 0.4) is 0 Å². The van der Waals surface area contributed by atoms with Gasteiger partial charge < -0.3 is 19.3 Å². The molecule has 1 amide bonds. The van der Waals surface area contributed by atoms with Gasteiger partial charge in [0.2, 0.25) is 5.91 Å². The molecule has 7 nitrogen and oxygen atoms in total. The van der Waals surface area contributed by atoms with Crippen LogP contribution in [0.25, 0.3) is 33.1 Å². The average molecular weight is 498 g/mol. The molecule has 2 aromatic heterocycles. The molecule has 2 aromatic carbocycles. The van der Waals surface area contributed by atoms with Crippen LogP contribution in [-0.2, 0) is 16.0 Å². The molecule has 0 bridgehead atoms. The molecule has 0 fully saturated rings. The number of hydrogen-bond donors (Lipinski definition) is 2. The zero-order chi connectivity index (χ0) is 23.0. The van der Waals surface area contributed by atoms with Crippen LogP contribution in [0, 0.1) is 6.92 Å². The van der Waals surface area contributed by atoms with E-state index in [9.17, 15) is 14.4 Å². The minimum absolute atomic E-state index is 0.197. The molecule has 4 aromatic rings. The smallest absolute Gasteiger partial charge is 0.340 e. The SMILES string of the molecule is CC[C@@H](NC(=O)Cc1c(C)c2cc3c(-c4ccc(Br)cc4)coc3cc2oc1=O)C(=O)O. The van der Waals surface area contributed by atoms with E-state index >= 15 is 0 Å². The number of carboxylic acid groups (broad SMARTS) is 1. The Morgan fingerprint density at radius 3 is 2.50 bits per heavy atom. The predicted molar refractivity (Wildman–Crippen MR) is 124 cm³/mol. The van der Waals surface area contributed by atoms with E-state index in [4.69, 9.17) is 13.9 Å². The molecule has 0 aliphatic carbocycles. The lowest BCUT2D eigenvalue weighted by Gasteiger charge is -2.13. The third kappa shape index (κ3) is 4.05. The number of carbonyl (C=O) groups excluding carboxylic acids is 1. The van der Waals surface area contributed by atoms with Crippen LogP contribution >= 0.6 is 15.9 Å². The van der Waals surface area contributed by atoms with Crippen LogP contribution in [0.15, 0.2) is 60.8 Å². The monoisotopic (exact) mass is 497 g/mol. The van der Waals surface area contributed by atoms with Crippen molar-refractivity contribution in [1.82, 2.24) is 5.32 Å². The van der Waals surface area contributed by atoms with Crippen molar-refractivity contribution >= 4 is 49.7 Å². The highest BCUT2D eigenvalue weighted by atomic mass is 79.9. The summed E-state index contributed by atoms with van der Waals surface area (Å²) in [6.07, 6.45) is 1.63. The summed E-state index contributed by atoms with van der Waals surface area (Å²) in [7, 11) is 0. The van der Waals surface area contributed by atoms with Crippen molar-refractivity contribution in [1.29, 1.82) is 0 Å². The summed E-state index contributed by atoms with van der Waals surface area (Å²) in [6, 6.07) is 10.4. The predicted octanol–water partition coefficient (Wildman–Crippen LogP) is 4.80. The second-order valence-electron chi connectivity index (χ2n) is 7.54. The van der Waals surface area contributed by atoms with Crippen LogP contribution in [0.1, 0.15) is 24.5 Å². The molecular formula is C24H20BrNO6. The number of fused-ring (bicyclic) bond motifs is 2.